The molecule has 0 radical (unpaired) electrons. The summed E-state index contributed by atoms with van der Waals surface area (Å²) in [6.45, 7) is 3.58. The van der Waals surface area contributed by atoms with E-state index in [1.807, 2.05) is 6.20 Å². The largest absolute Gasteiger partial charge is 0.391 e. The second-order valence-corrected chi connectivity index (χ2v) is 5.43. The third-order valence-electron chi connectivity index (χ3n) is 3.94. The molecule has 0 aromatic carbocycles. The molecule has 0 unspecified atom stereocenters. The zero-order valence-electron chi connectivity index (χ0n) is 12.8. The number of nitrogens with one attached hydrogen (secondary N) is 1. The minimum absolute atomic E-state index is 0. The molecule has 1 aliphatic rings. The Morgan fingerprint density at radius 3 is 2.82 bits per heavy atom. The first-order chi connectivity index (χ1) is 9.61. The molecule has 8 heteroatoms. The van der Waals surface area contributed by atoms with Crippen LogP contribution in [0.1, 0.15) is 32.0 Å². The Kier molecular flexibility index (Phi) is 9.67. The molecule has 22 heavy (non-hydrogen) atoms. The SMILES string of the molecule is CCc1nccn1CCCNC(=O)[C@H]1C[C@@H](N)[C@H](O)C1.Cl.Cl. The van der Waals surface area contributed by atoms with Crippen LogP contribution in [0.3, 0.4) is 0 Å². The monoisotopic (exact) mass is 352 g/mol. The Bertz CT molecular complexity index is 446. The minimum atomic E-state index is -0.538. The van der Waals surface area contributed by atoms with Crippen LogP contribution < -0.4 is 11.1 Å². The fraction of sp³-hybridized carbons (Fsp3) is 0.714. The van der Waals surface area contributed by atoms with E-state index in [1.165, 1.54) is 0 Å². The molecule has 1 heterocycles. The Morgan fingerprint density at radius 1 is 1.50 bits per heavy atom. The maximum atomic E-state index is 11.9. The van der Waals surface area contributed by atoms with Gasteiger partial charge in [-0.05, 0) is 19.3 Å². The zero-order chi connectivity index (χ0) is 14.5. The molecule has 0 saturated heterocycles. The van der Waals surface area contributed by atoms with Gasteiger partial charge in [-0.25, -0.2) is 4.98 Å². The lowest BCUT2D eigenvalue weighted by Crippen LogP contribution is -2.31. The van der Waals surface area contributed by atoms with Crippen LogP contribution in [0.25, 0.3) is 0 Å². The first-order valence-electron chi connectivity index (χ1n) is 7.33. The molecule has 1 saturated carbocycles. The van der Waals surface area contributed by atoms with Crippen molar-refractivity contribution in [3.8, 4) is 0 Å². The molecule has 4 N–H and O–H groups in total. The Morgan fingerprint density at radius 2 is 2.23 bits per heavy atom. The first kappa shape index (κ1) is 21.2. The number of aliphatic hydroxyl groups is 1. The Balaban J connectivity index is 0.00000220. The highest BCUT2D eigenvalue weighted by atomic mass is 35.5. The second kappa shape index (κ2) is 10.0. The molecule has 0 spiro atoms. The van der Waals surface area contributed by atoms with E-state index in [4.69, 9.17) is 5.73 Å². The summed E-state index contributed by atoms with van der Waals surface area (Å²) >= 11 is 0. The van der Waals surface area contributed by atoms with Crippen LogP contribution in [-0.2, 0) is 17.8 Å². The number of hydrogen-bond acceptors (Lipinski definition) is 4. The van der Waals surface area contributed by atoms with E-state index in [-0.39, 0.29) is 42.7 Å². The lowest BCUT2D eigenvalue weighted by atomic mass is 10.1. The molecule has 1 aliphatic carbocycles. The van der Waals surface area contributed by atoms with Crippen LogP contribution in [0, 0.1) is 5.92 Å². The van der Waals surface area contributed by atoms with Crippen molar-refractivity contribution in [1.82, 2.24) is 14.9 Å². The van der Waals surface area contributed by atoms with Gasteiger partial charge in [0.15, 0.2) is 0 Å². The number of halogens is 2. The summed E-state index contributed by atoms with van der Waals surface area (Å²) in [7, 11) is 0. The summed E-state index contributed by atoms with van der Waals surface area (Å²) in [5, 5.41) is 12.5. The maximum Gasteiger partial charge on any atom is 0.223 e. The van der Waals surface area contributed by atoms with E-state index in [0.717, 1.165) is 25.2 Å². The van der Waals surface area contributed by atoms with Gasteiger partial charge in [0, 0.05) is 43.9 Å². The van der Waals surface area contributed by atoms with Crippen LogP contribution in [0.4, 0.5) is 0 Å². The van der Waals surface area contributed by atoms with Crippen molar-refractivity contribution in [2.45, 2.75) is 51.3 Å². The third-order valence-corrected chi connectivity index (χ3v) is 3.94. The topological polar surface area (TPSA) is 93.2 Å². The van der Waals surface area contributed by atoms with Gasteiger partial charge >= 0.3 is 0 Å². The molecule has 1 aromatic rings. The second-order valence-electron chi connectivity index (χ2n) is 5.43. The van der Waals surface area contributed by atoms with Crippen molar-refractivity contribution in [1.29, 1.82) is 0 Å². The van der Waals surface area contributed by atoms with Gasteiger partial charge in [0.1, 0.15) is 5.82 Å². The fourth-order valence-electron chi connectivity index (χ4n) is 2.73. The van der Waals surface area contributed by atoms with E-state index in [1.54, 1.807) is 6.20 Å². The summed E-state index contributed by atoms with van der Waals surface area (Å²) < 4.78 is 2.11. The van der Waals surface area contributed by atoms with E-state index in [0.29, 0.717) is 19.4 Å². The van der Waals surface area contributed by atoms with Crippen molar-refractivity contribution in [3.05, 3.63) is 18.2 Å². The third kappa shape index (κ3) is 5.43. The molecule has 0 aliphatic heterocycles. The van der Waals surface area contributed by atoms with Gasteiger partial charge in [-0.15, -0.1) is 24.8 Å². The molecular weight excluding hydrogens is 327 g/mol. The van der Waals surface area contributed by atoms with Crippen molar-refractivity contribution in [3.63, 3.8) is 0 Å². The van der Waals surface area contributed by atoms with Crippen molar-refractivity contribution in [2.24, 2.45) is 11.7 Å². The summed E-state index contributed by atoms with van der Waals surface area (Å²) in [4.78, 5) is 16.2. The van der Waals surface area contributed by atoms with Crippen LogP contribution in [0.5, 0.6) is 0 Å². The standard InChI is InChI=1S/C14H24N4O2.2ClH/c1-2-13-16-5-7-18(13)6-3-4-17-14(20)10-8-11(15)12(19)9-10;;/h5,7,10-12,19H,2-4,6,8-9,15H2,1H3,(H,17,20);2*1H/t10-,11+,12+;;/m0../s1. The van der Waals surface area contributed by atoms with Gasteiger partial charge in [-0.2, -0.15) is 0 Å². The van der Waals surface area contributed by atoms with Gasteiger partial charge in [0.25, 0.3) is 0 Å². The smallest absolute Gasteiger partial charge is 0.223 e. The predicted octanol–water partition coefficient (Wildman–Crippen LogP) is 0.894. The molecule has 3 atom stereocenters. The number of aromatic nitrogens is 2. The molecular formula is C14H26Cl2N4O2. The lowest BCUT2D eigenvalue weighted by molar-refractivity contribution is -0.125. The van der Waals surface area contributed by atoms with Crippen molar-refractivity contribution >= 4 is 30.7 Å². The number of rotatable bonds is 6. The van der Waals surface area contributed by atoms with Gasteiger partial charge in [0.2, 0.25) is 5.91 Å². The Hall–Kier alpha value is -0.820. The molecule has 1 aromatic heterocycles. The van der Waals surface area contributed by atoms with E-state index >= 15 is 0 Å². The average molecular weight is 353 g/mol. The summed E-state index contributed by atoms with van der Waals surface area (Å²) in [5.74, 6) is 0.944. The zero-order valence-corrected chi connectivity index (χ0v) is 14.4. The van der Waals surface area contributed by atoms with Gasteiger partial charge in [-0.3, -0.25) is 4.79 Å². The molecule has 1 amide bonds. The molecule has 6 nitrogen and oxygen atoms in total. The van der Waals surface area contributed by atoms with E-state index in [9.17, 15) is 9.90 Å². The number of nitrogens with two attached hydrogens (primary N) is 1. The number of carbonyl (C=O) groups is 1. The molecule has 128 valence electrons. The highest BCUT2D eigenvalue weighted by molar-refractivity contribution is 5.85. The number of hydrogen-bond donors (Lipinski definition) is 3. The Labute approximate surface area is 143 Å². The van der Waals surface area contributed by atoms with Gasteiger partial charge in [-0.1, -0.05) is 6.92 Å². The number of imidazole rings is 1. The fourth-order valence-corrected chi connectivity index (χ4v) is 2.73. The van der Waals surface area contributed by atoms with Crippen LogP contribution in [0.2, 0.25) is 0 Å². The number of amides is 1. The predicted molar refractivity (Wildman–Crippen MR) is 90.4 cm³/mol. The number of aliphatic hydroxyl groups excluding tert-OH is 1. The molecule has 2 rings (SSSR count). The summed E-state index contributed by atoms with van der Waals surface area (Å²) in [5.41, 5.74) is 5.72. The number of carbonyl (C=O) groups excluding carboxylic acids is 1. The van der Waals surface area contributed by atoms with Crippen LogP contribution in [0.15, 0.2) is 12.4 Å². The van der Waals surface area contributed by atoms with Gasteiger partial charge < -0.3 is 20.7 Å². The lowest BCUT2D eigenvalue weighted by Gasteiger charge is -2.11. The minimum Gasteiger partial charge on any atom is -0.391 e. The highest BCUT2D eigenvalue weighted by Gasteiger charge is 2.34. The highest BCUT2D eigenvalue weighted by Crippen LogP contribution is 2.24. The summed E-state index contributed by atoms with van der Waals surface area (Å²) in [6.07, 6.45) is 6.08. The molecule has 1 fully saturated rings. The molecule has 0 bridgehead atoms. The number of aryl methyl sites for hydroxylation is 2. The normalized spacial score (nSPS) is 23.5. The maximum absolute atomic E-state index is 11.9. The van der Waals surface area contributed by atoms with Crippen LogP contribution >= 0.6 is 24.8 Å². The van der Waals surface area contributed by atoms with Gasteiger partial charge in [0.05, 0.1) is 6.10 Å². The average Bonchev–Trinajstić information content (AvgIpc) is 3.02. The van der Waals surface area contributed by atoms with Crippen molar-refractivity contribution in [2.75, 3.05) is 6.54 Å². The number of nitrogens with zero attached hydrogens (tertiary/aromatic N) is 2. The first-order valence-corrected chi connectivity index (χ1v) is 7.33. The van der Waals surface area contributed by atoms with Crippen molar-refractivity contribution < 1.29 is 9.90 Å². The quantitative estimate of drug-likeness (QED) is 0.663. The summed E-state index contributed by atoms with van der Waals surface area (Å²) in [6, 6.07) is -0.260. The van der Waals surface area contributed by atoms with E-state index < -0.39 is 6.10 Å². The van der Waals surface area contributed by atoms with Crippen LogP contribution in [-0.4, -0.2) is 39.3 Å². The van der Waals surface area contributed by atoms with E-state index in [2.05, 4.69) is 21.8 Å².